The molecule has 1 fully saturated rings. The van der Waals surface area contributed by atoms with Gasteiger partial charge in [0.2, 0.25) is 0 Å². The second-order valence-corrected chi connectivity index (χ2v) is 9.90. The van der Waals surface area contributed by atoms with Crippen molar-refractivity contribution >= 4 is 55.7 Å². The zero-order chi connectivity index (χ0) is 26.3. The van der Waals surface area contributed by atoms with Crippen LogP contribution < -0.4 is 9.64 Å². The number of phenolic OH excluding ortho intramolecular Hbond substituents is 1. The Morgan fingerprint density at radius 2 is 1.84 bits per heavy atom. The van der Waals surface area contributed by atoms with E-state index < -0.39 is 23.5 Å². The standard InChI is InChI=1S/C28H23ClN2O5S/c1-3-15-5-12-21-22(13-15)37-28(30-21)31-24(16-6-8-17(32)9-7-16)23(26(34)27(31)35)25(33)19-14-18(36-4-2)10-11-20(19)29/h5-14,24,32-33H,3-4H2,1-2H3/b25-23+. The summed E-state index contributed by atoms with van der Waals surface area (Å²) < 4.78 is 6.42. The van der Waals surface area contributed by atoms with Crippen LogP contribution in [0.4, 0.5) is 5.13 Å². The minimum absolute atomic E-state index is 0.0280. The molecule has 0 bridgehead atoms. The van der Waals surface area contributed by atoms with Crippen LogP contribution in [0.2, 0.25) is 5.02 Å². The third-order valence-electron chi connectivity index (χ3n) is 6.21. The number of anilines is 1. The lowest BCUT2D eigenvalue weighted by Gasteiger charge is -2.23. The van der Waals surface area contributed by atoms with Crippen LogP contribution in [0.1, 0.15) is 36.6 Å². The Hall–Kier alpha value is -3.88. The maximum absolute atomic E-state index is 13.4. The number of aromatic hydroxyl groups is 1. The number of ether oxygens (including phenoxy) is 1. The van der Waals surface area contributed by atoms with Gasteiger partial charge in [-0.3, -0.25) is 14.5 Å². The van der Waals surface area contributed by atoms with Crippen molar-refractivity contribution in [3.63, 3.8) is 0 Å². The number of fused-ring (bicyclic) bond motifs is 1. The summed E-state index contributed by atoms with van der Waals surface area (Å²) in [5.74, 6) is -1.60. The van der Waals surface area contributed by atoms with E-state index >= 15 is 0 Å². The first-order chi connectivity index (χ1) is 17.8. The van der Waals surface area contributed by atoms with E-state index in [0.717, 1.165) is 16.7 Å². The molecule has 1 unspecified atom stereocenters. The summed E-state index contributed by atoms with van der Waals surface area (Å²) in [6, 6.07) is 15.8. The molecule has 9 heteroatoms. The Labute approximate surface area is 222 Å². The number of thiazole rings is 1. The number of phenols is 1. The molecule has 4 aromatic rings. The fourth-order valence-electron chi connectivity index (χ4n) is 4.37. The third kappa shape index (κ3) is 4.43. The molecule has 0 aliphatic carbocycles. The molecule has 0 radical (unpaired) electrons. The van der Waals surface area contributed by atoms with Crippen LogP contribution in [0.25, 0.3) is 16.0 Å². The number of ketones is 1. The topological polar surface area (TPSA) is 100.0 Å². The van der Waals surface area contributed by atoms with Gasteiger partial charge in [0.1, 0.15) is 17.3 Å². The number of hydrogen-bond acceptors (Lipinski definition) is 7. The average Bonchev–Trinajstić information content (AvgIpc) is 3.43. The Bertz CT molecular complexity index is 1560. The van der Waals surface area contributed by atoms with Crippen molar-refractivity contribution in [2.45, 2.75) is 26.3 Å². The second-order valence-electron chi connectivity index (χ2n) is 8.49. The summed E-state index contributed by atoms with van der Waals surface area (Å²) in [7, 11) is 0. The van der Waals surface area contributed by atoms with E-state index in [2.05, 4.69) is 11.9 Å². The number of halogens is 1. The van der Waals surface area contributed by atoms with Crippen LogP contribution in [-0.4, -0.2) is 33.5 Å². The summed E-state index contributed by atoms with van der Waals surface area (Å²) in [6.45, 7) is 4.28. The van der Waals surface area contributed by atoms with Crippen LogP contribution in [0, 0.1) is 0 Å². The number of Topliss-reactive ketones (excluding diaryl/α,β-unsaturated/α-hetero) is 1. The normalized spacial score (nSPS) is 17.1. The second kappa shape index (κ2) is 9.88. The van der Waals surface area contributed by atoms with Gasteiger partial charge in [-0.1, -0.05) is 48.1 Å². The fourth-order valence-corrected chi connectivity index (χ4v) is 5.63. The van der Waals surface area contributed by atoms with Gasteiger partial charge in [0.15, 0.2) is 5.13 Å². The van der Waals surface area contributed by atoms with Crippen LogP contribution >= 0.6 is 22.9 Å². The van der Waals surface area contributed by atoms with E-state index in [1.54, 1.807) is 24.3 Å². The molecule has 1 aliphatic heterocycles. The lowest BCUT2D eigenvalue weighted by molar-refractivity contribution is -0.132. The SMILES string of the molecule is CCOc1ccc(Cl)c(/C(O)=C2\C(=O)C(=O)N(c3nc4ccc(CC)cc4s3)C2c2ccc(O)cc2)c1. The summed E-state index contributed by atoms with van der Waals surface area (Å²) in [6.07, 6.45) is 0.850. The van der Waals surface area contributed by atoms with Crippen LogP contribution in [0.5, 0.6) is 11.5 Å². The Kier molecular flexibility index (Phi) is 6.62. The first-order valence-corrected chi connectivity index (χ1v) is 12.9. The van der Waals surface area contributed by atoms with E-state index in [1.165, 1.54) is 34.4 Å². The summed E-state index contributed by atoms with van der Waals surface area (Å²) in [4.78, 5) is 32.8. The number of rotatable bonds is 6. The predicted molar refractivity (Wildman–Crippen MR) is 145 cm³/mol. The first-order valence-electron chi connectivity index (χ1n) is 11.7. The number of carbonyl (C=O) groups is 2. The van der Waals surface area contributed by atoms with Gasteiger partial charge in [0.05, 0.1) is 33.5 Å². The molecule has 1 aliphatic rings. The fraction of sp³-hybridized carbons (Fsp3) is 0.179. The van der Waals surface area contributed by atoms with E-state index in [-0.39, 0.29) is 21.9 Å². The number of hydrogen-bond donors (Lipinski definition) is 2. The molecule has 0 saturated carbocycles. The smallest absolute Gasteiger partial charge is 0.301 e. The van der Waals surface area contributed by atoms with Gasteiger partial charge in [0, 0.05) is 5.56 Å². The first kappa shape index (κ1) is 24.8. The highest BCUT2D eigenvalue weighted by Gasteiger charge is 2.48. The lowest BCUT2D eigenvalue weighted by Crippen LogP contribution is -2.29. The highest BCUT2D eigenvalue weighted by Crippen LogP contribution is 2.45. The molecule has 2 N–H and O–H groups in total. The van der Waals surface area contributed by atoms with Crippen LogP contribution in [0.15, 0.2) is 66.2 Å². The van der Waals surface area contributed by atoms with E-state index in [1.807, 2.05) is 25.1 Å². The van der Waals surface area contributed by atoms with E-state index in [9.17, 15) is 19.8 Å². The quantitative estimate of drug-likeness (QED) is 0.172. The summed E-state index contributed by atoms with van der Waals surface area (Å²) >= 11 is 7.70. The van der Waals surface area contributed by atoms with Gasteiger partial charge in [-0.15, -0.1) is 0 Å². The molecule has 5 rings (SSSR count). The zero-order valence-corrected chi connectivity index (χ0v) is 21.6. The van der Waals surface area contributed by atoms with Gasteiger partial charge in [-0.25, -0.2) is 4.98 Å². The molecule has 7 nitrogen and oxygen atoms in total. The van der Waals surface area contributed by atoms with Gasteiger partial charge in [-0.2, -0.15) is 0 Å². The number of aryl methyl sites for hydroxylation is 1. The highest BCUT2D eigenvalue weighted by molar-refractivity contribution is 7.22. The third-order valence-corrected chi connectivity index (χ3v) is 7.56. The molecule has 188 valence electrons. The van der Waals surface area contributed by atoms with Gasteiger partial charge < -0.3 is 14.9 Å². The molecular weight excluding hydrogens is 512 g/mol. The highest BCUT2D eigenvalue weighted by atomic mass is 35.5. The Morgan fingerprint density at radius 3 is 2.54 bits per heavy atom. The Morgan fingerprint density at radius 1 is 1.08 bits per heavy atom. The molecular formula is C28H23ClN2O5S. The predicted octanol–water partition coefficient (Wildman–Crippen LogP) is 6.24. The molecule has 1 amide bonds. The van der Waals surface area contributed by atoms with Crippen molar-refractivity contribution in [2.24, 2.45) is 0 Å². The average molecular weight is 535 g/mol. The number of aliphatic hydroxyl groups excluding tert-OH is 1. The van der Waals surface area contributed by atoms with E-state index in [0.29, 0.717) is 28.6 Å². The van der Waals surface area contributed by atoms with Crippen molar-refractivity contribution in [1.29, 1.82) is 0 Å². The Balaban J connectivity index is 1.72. The van der Waals surface area contributed by atoms with Crippen LogP contribution in [0.3, 0.4) is 0 Å². The van der Waals surface area contributed by atoms with Gasteiger partial charge in [-0.05, 0) is 66.9 Å². The maximum atomic E-state index is 13.4. The molecule has 1 saturated heterocycles. The number of amides is 1. The minimum Gasteiger partial charge on any atom is -0.508 e. The number of nitrogens with zero attached hydrogens (tertiary/aromatic N) is 2. The van der Waals surface area contributed by atoms with Crippen molar-refractivity contribution in [1.82, 2.24) is 4.98 Å². The lowest BCUT2D eigenvalue weighted by atomic mass is 9.95. The summed E-state index contributed by atoms with van der Waals surface area (Å²) in [5.41, 5.74) is 2.40. The van der Waals surface area contributed by atoms with Crippen molar-refractivity contribution in [2.75, 3.05) is 11.5 Å². The molecule has 1 atom stereocenters. The molecule has 1 aromatic heterocycles. The largest absolute Gasteiger partial charge is 0.508 e. The van der Waals surface area contributed by atoms with Crippen molar-refractivity contribution in [3.8, 4) is 11.5 Å². The number of carbonyl (C=O) groups excluding carboxylic acids is 2. The van der Waals surface area contributed by atoms with Gasteiger partial charge in [0.25, 0.3) is 5.78 Å². The van der Waals surface area contributed by atoms with Crippen molar-refractivity contribution in [3.05, 3.63) is 87.9 Å². The molecule has 3 aromatic carbocycles. The zero-order valence-electron chi connectivity index (χ0n) is 20.1. The minimum atomic E-state index is -0.987. The monoisotopic (exact) mass is 534 g/mol. The van der Waals surface area contributed by atoms with Gasteiger partial charge >= 0.3 is 5.91 Å². The van der Waals surface area contributed by atoms with E-state index in [4.69, 9.17) is 16.3 Å². The molecule has 0 spiro atoms. The summed E-state index contributed by atoms with van der Waals surface area (Å²) in [5, 5.41) is 21.8. The molecule has 37 heavy (non-hydrogen) atoms. The number of benzene rings is 3. The van der Waals surface area contributed by atoms with Crippen LogP contribution in [-0.2, 0) is 16.0 Å². The van der Waals surface area contributed by atoms with Crippen molar-refractivity contribution < 1.29 is 24.5 Å². The number of aliphatic hydroxyl groups is 1. The number of aromatic nitrogens is 1. The molecule has 2 heterocycles. The maximum Gasteiger partial charge on any atom is 0.301 e.